The van der Waals surface area contributed by atoms with Crippen LogP contribution in [0.15, 0.2) is 41.3 Å². The van der Waals surface area contributed by atoms with Crippen molar-refractivity contribution in [2.24, 2.45) is 7.05 Å². The topological polar surface area (TPSA) is 95.3 Å². The van der Waals surface area contributed by atoms with Gasteiger partial charge in [-0.2, -0.15) is 4.98 Å². The second-order valence-electron chi connectivity index (χ2n) is 7.56. The molecule has 0 aliphatic heterocycles. The number of aryl methyl sites for hydroxylation is 1. The van der Waals surface area contributed by atoms with Gasteiger partial charge >= 0.3 is 6.16 Å². The summed E-state index contributed by atoms with van der Waals surface area (Å²) in [6.45, 7) is 0. The Morgan fingerprint density at radius 3 is 2.65 bits per heavy atom. The Hall–Kier alpha value is -3.13. The number of hydrogen-bond acceptors (Lipinski definition) is 7. The van der Waals surface area contributed by atoms with E-state index >= 15 is 0 Å². The van der Waals surface area contributed by atoms with Crippen LogP contribution in [-0.4, -0.2) is 39.9 Å². The molecule has 3 aromatic rings. The molecule has 31 heavy (non-hydrogen) atoms. The van der Waals surface area contributed by atoms with Gasteiger partial charge < -0.3 is 14.8 Å². The van der Waals surface area contributed by atoms with Crippen LogP contribution < -0.4 is 10.9 Å². The van der Waals surface area contributed by atoms with Crippen LogP contribution in [0.2, 0.25) is 5.02 Å². The first-order valence-corrected chi connectivity index (χ1v) is 10.5. The molecular weight excluding hydrogens is 420 g/mol. The van der Waals surface area contributed by atoms with Gasteiger partial charge in [0.1, 0.15) is 11.8 Å². The number of carbonyl (C=O) groups excluding carboxylic acids is 1. The highest BCUT2D eigenvalue weighted by Crippen LogP contribution is 2.28. The third-order valence-corrected chi connectivity index (χ3v) is 5.88. The normalized spacial score (nSPS) is 18.5. The summed E-state index contributed by atoms with van der Waals surface area (Å²) in [5.41, 5.74) is 1.56. The van der Waals surface area contributed by atoms with Crippen LogP contribution in [0.4, 0.5) is 10.7 Å². The van der Waals surface area contributed by atoms with Gasteiger partial charge in [-0.05, 0) is 37.8 Å². The van der Waals surface area contributed by atoms with Crippen LogP contribution in [0.1, 0.15) is 25.7 Å². The molecule has 9 heteroatoms. The maximum atomic E-state index is 13.0. The molecule has 162 valence electrons. The fraction of sp³-hybridized carbons (Fsp3) is 0.364. The molecule has 0 saturated heterocycles. The molecule has 0 spiro atoms. The fourth-order valence-corrected chi connectivity index (χ4v) is 4.12. The van der Waals surface area contributed by atoms with Crippen molar-refractivity contribution in [3.63, 3.8) is 0 Å². The predicted molar refractivity (Wildman–Crippen MR) is 118 cm³/mol. The standard InChI is InChI=1S/C22H23ClN4O4/c1-27-19-13(11-17(20(27)28)16-5-3-4-6-18(16)23)12-24-21(26-19)25-14-7-9-15(10-8-14)31-22(29)30-2/h3-6,11-12,14-15H,7-10H2,1-2H3,(H,24,25,26). The SMILES string of the molecule is COC(=O)OC1CCC(Nc2ncc3cc(-c4ccccc4Cl)c(=O)n(C)c3n2)CC1. The average molecular weight is 443 g/mol. The fourth-order valence-electron chi connectivity index (χ4n) is 3.88. The minimum Gasteiger partial charge on any atom is -0.438 e. The summed E-state index contributed by atoms with van der Waals surface area (Å²) in [4.78, 5) is 33.2. The average Bonchev–Trinajstić information content (AvgIpc) is 2.78. The van der Waals surface area contributed by atoms with E-state index in [1.807, 2.05) is 18.2 Å². The second kappa shape index (κ2) is 8.93. The first-order valence-electron chi connectivity index (χ1n) is 10.1. The number of carbonyl (C=O) groups is 1. The van der Waals surface area contributed by atoms with Gasteiger partial charge in [-0.15, -0.1) is 0 Å². The summed E-state index contributed by atoms with van der Waals surface area (Å²) in [5.74, 6) is 0.463. The zero-order valence-electron chi connectivity index (χ0n) is 17.3. The highest BCUT2D eigenvalue weighted by molar-refractivity contribution is 6.33. The molecule has 0 amide bonds. The summed E-state index contributed by atoms with van der Waals surface area (Å²) < 4.78 is 11.3. The van der Waals surface area contributed by atoms with Crippen LogP contribution in [0.25, 0.3) is 22.2 Å². The third kappa shape index (κ3) is 4.49. The number of hydrogen-bond donors (Lipinski definition) is 1. The monoisotopic (exact) mass is 442 g/mol. The number of ether oxygens (including phenoxy) is 2. The second-order valence-corrected chi connectivity index (χ2v) is 7.97. The number of halogens is 1. The van der Waals surface area contributed by atoms with Crippen molar-refractivity contribution in [1.29, 1.82) is 0 Å². The lowest BCUT2D eigenvalue weighted by molar-refractivity contribution is 0.0218. The molecule has 8 nitrogen and oxygen atoms in total. The maximum Gasteiger partial charge on any atom is 0.508 e. The molecule has 1 fully saturated rings. The summed E-state index contributed by atoms with van der Waals surface area (Å²) in [5, 5.41) is 4.60. The lowest BCUT2D eigenvalue weighted by Gasteiger charge is -2.28. The first kappa shape index (κ1) is 21.1. The highest BCUT2D eigenvalue weighted by atomic mass is 35.5. The molecule has 0 radical (unpaired) electrons. The van der Waals surface area contributed by atoms with Crippen LogP contribution in [0.5, 0.6) is 0 Å². The number of nitrogens with zero attached hydrogens (tertiary/aromatic N) is 3. The van der Waals surface area contributed by atoms with E-state index in [2.05, 4.69) is 20.0 Å². The number of anilines is 1. The molecule has 1 aliphatic rings. The zero-order chi connectivity index (χ0) is 22.0. The largest absolute Gasteiger partial charge is 0.508 e. The van der Waals surface area contributed by atoms with Gasteiger partial charge in [0.2, 0.25) is 5.95 Å². The third-order valence-electron chi connectivity index (χ3n) is 5.55. The number of aromatic nitrogens is 3. The van der Waals surface area contributed by atoms with Crippen molar-refractivity contribution in [3.05, 3.63) is 51.9 Å². The molecule has 1 aliphatic carbocycles. The van der Waals surface area contributed by atoms with E-state index in [0.29, 0.717) is 27.7 Å². The Balaban J connectivity index is 1.54. The van der Waals surface area contributed by atoms with Crippen molar-refractivity contribution in [2.45, 2.75) is 37.8 Å². The van der Waals surface area contributed by atoms with E-state index in [1.54, 1.807) is 25.4 Å². The molecule has 4 rings (SSSR count). The number of fused-ring (bicyclic) bond motifs is 1. The van der Waals surface area contributed by atoms with Crippen LogP contribution in [0, 0.1) is 0 Å². The van der Waals surface area contributed by atoms with Crippen molar-refractivity contribution >= 4 is 34.7 Å². The Kier molecular flexibility index (Phi) is 6.08. The van der Waals surface area contributed by atoms with Gasteiger partial charge in [0.05, 0.1) is 7.11 Å². The van der Waals surface area contributed by atoms with Crippen LogP contribution in [-0.2, 0) is 16.5 Å². The molecule has 1 saturated carbocycles. The Bertz CT molecular complexity index is 1170. The number of pyridine rings is 1. The van der Waals surface area contributed by atoms with E-state index in [0.717, 1.165) is 31.1 Å². The van der Waals surface area contributed by atoms with Gasteiger partial charge in [-0.3, -0.25) is 9.36 Å². The number of methoxy groups -OCH3 is 1. The van der Waals surface area contributed by atoms with Gasteiger partial charge in [-0.25, -0.2) is 9.78 Å². The molecule has 2 heterocycles. The van der Waals surface area contributed by atoms with Crippen molar-refractivity contribution in [3.8, 4) is 11.1 Å². The van der Waals surface area contributed by atoms with Crippen molar-refractivity contribution in [2.75, 3.05) is 12.4 Å². The smallest absolute Gasteiger partial charge is 0.438 e. The van der Waals surface area contributed by atoms with E-state index in [-0.39, 0.29) is 17.7 Å². The van der Waals surface area contributed by atoms with E-state index in [4.69, 9.17) is 16.3 Å². The van der Waals surface area contributed by atoms with Crippen molar-refractivity contribution in [1.82, 2.24) is 14.5 Å². The number of nitrogens with one attached hydrogen (secondary N) is 1. The van der Waals surface area contributed by atoms with Gasteiger partial charge in [0.15, 0.2) is 0 Å². The summed E-state index contributed by atoms with van der Waals surface area (Å²) in [6, 6.07) is 9.19. The molecule has 1 N–H and O–H groups in total. The van der Waals surface area contributed by atoms with Gasteiger partial charge in [0, 0.05) is 40.8 Å². The quantitative estimate of drug-likeness (QED) is 0.606. The lowest BCUT2D eigenvalue weighted by Crippen LogP contribution is -2.31. The first-order chi connectivity index (χ1) is 15.0. The van der Waals surface area contributed by atoms with E-state index in [9.17, 15) is 9.59 Å². The lowest BCUT2D eigenvalue weighted by atomic mass is 9.93. The molecule has 0 unspecified atom stereocenters. The molecular formula is C22H23ClN4O4. The van der Waals surface area contributed by atoms with Gasteiger partial charge in [-0.1, -0.05) is 29.8 Å². The number of rotatable bonds is 4. The summed E-state index contributed by atoms with van der Waals surface area (Å²) >= 11 is 6.29. The van der Waals surface area contributed by atoms with E-state index < -0.39 is 6.16 Å². The summed E-state index contributed by atoms with van der Waals surface area (Å²) in [7, 11) is 2.99. The van der Waals surface area contributed by atoms with Crippen LogP contribution >= 0.6 is 11.6 Å². The maximum absolute atomic E-state index is 13.0. The Morgan fingerprint density at radius 1 is 1.19 bits per heavy atom. The van der Waals surface area contributed by atoms with Crippen molar-refractivity contribution < 1.29 is 14.3 Å². The minimum absolute atomic E-state index is 0.132. The summed E-state index contributed by atoms with van der Waals surface area (Å²) in [6.07, 6.45) is 4.02. The van der Waals surface area contributed by atoms with Crippen LogP contribution in [0.3, 0.4) is 0 Å². The highest BCUT2D eigenvalue weighted by Gasteiger charge is 2.25. The predicted octanol–water partition coefficient (Wildman–Crippen LogP) is 4.16. The number of benzene rings is 1. The Morgan fingerprint density at radius 2 is 1.94 bits per heavy atom. The Labute approximate surface area is 184 Å². The zero-order valence-corrected chi connectivity index (χ0v) is 18.1. The van der Waals surface area contributed by atoms with E-state index in [1.165, 1.54) is 11.7 Å². The molecule has 0 atom stereocenters. The molecule has 1 aromatic carbocycles. The molecule has 2 aromatic heterocycles. The van der Waals surface area contributed by atoms with Gasteiger partial charge in [0.25, 0.3) is 5.56 Å². The minimum atomic E-state index is -0.647. The molecule has 0 bridgehead atoms.